The van der Waals surface area contributed by atoms with Crippen LogP contribution in [0.25, 0.3) is 0 Å². The molecule has 132 valence electrons. The van der Waals surface area contributed by atoms with E-state index in [1.807, 2.05) is 4.90 Å². The lowest BCUT2D eigenvalue weighted by atomic mass is 9.86. The van der Waals surface area contributed by atoms with Crippen LogP contribution in [0.15, 0.2) is 18.3 Å². The van der Waals surface area contributed by atoms with E-state index in [4.69, 9.17) is 0 Å². The van der Waals surface area contributed by atoms with Gasteiger partial charge in [0, 0.05) is 37.8 Å². The topological polar surface area (TPSA) is 77.5 Å². The van der Waals surface area contributed by atoms with Gasteiger partial charge in [0.1, 0.15) is 0 Å². The highest BCUT2D eigenvalue weighted by Crippen LogP contribution is 2.24. The van der Waals surface area contributed by atoms with Crippen molar-refractivity contribution < 1.29 is 14.3 Å². The Morgan fingerprint density at radius 3 is 3.00 bits per heavy atom. The summed E-state index contributed by atoms with van der Waals surface area (Å²) in [5.74, 6) is 0.147. The van der Waals surface area contributed by atoms with Crippen LogP contribution in [-0.2, 0) is 0 Å². The highest BCUT2D eigenvalue weighted by Gasteiger charge is 2.27. The Morgan fingerprint density at radius 1 is 1.38 bits per heavy atom. The molecule has 1 aliphatic carbocycles. The first kappa shape index (κ1) is 17.0. The van der Waals surface area contributed by atoms with Crippen molar-refractivity contribution >= 4 is 11.8 Å². The van der Waals surface area contributed by atoms with Gasteiger partial charge >= 0.3 is 6.03 Å². The van der Waals surface area contributed by atoms with Crippen molar-refractivity contribution in [1.29, 1.82) is 0 Å². The van der Waals surface area contributed by atoms with E-state index in [-0.39, 0.29) is 29.9 Å². The fraction of sp³-hybridized carbons (Fsp3) is 0.647. The van der Waals surface area contributed by atoms with E-state index < -0.39 is 0 Å². The molecule has 0 bridgehead atoms. The molecule has 0 spiro atoms. The Kier molecular flexibility index (Phi) is 5.50. The quantitative estimate of drug-likeness (QED) is 0.781. The van der Waals surface area contributed by atoms with E-state index in [1.165, 1.54) is 6.07 Å². The molecule has 0 radical (unpaired) electrons. The number of nitrogens with one attached hydrogen (secondary N) is 2. The summed E-state index contributed by atoms with van der Waals surface area (Å²) < 4.78 is 13.8. The fourth-order valence-electron chi connectivity index (χ4n) is 3.57. The predicted octanol–water partition coefficient (Wildman–Crippen LogP) is 1.65. The molecule has 3 rings (SSSR count). The second kappa shape index (κ2) is 7.79. The van der Waals surface area contributed by atoms with E-state index >= 15 is 0 Å². The summed E-state index contributed by atoms with van der Waals surface area (Å²) in [6.07, 6.45) is 5.97. The molecule has 1 saturated heterocycles. The third kappa shape index (κ3) is 4.14. The first-order valence-corrected chi connectivity index (χ1v) is 8.71. The van der Waals surface area contributed by atoms with E-state index in [1.54, 1.807) is 12.3 Å². The van der Waals surface area contributed by atoms with Crippen molar-refractivity contribution in [3.8, 4) is 0 Å². The molecular formula is C17H25FN4O2. The molecule has 7 heteroatoms. The van der Waals surface area contributed by atoms with Gasteiger partial charge in [-0.15, -0.1) is 0 Å². The van der Waals surface area contributed by atoms with Gasteiger partial charge in [-0.2, -0.15) is 0 Å². The SMILES string of the molecule is O=C(NCC1CCCCC1O)NC1CCN(c2ncccc2F)C1. The summed E-state index contributed by atoms with van der Waals surface area (Å²) in [6, 6.07) is 2.71. The van der Waals surface area contributed by atoms with Gasteiger partial charge in [0.2, 0.25) is 0 Å². The number of hydrogen-bond acceptors (Lipinski definition) is 4. The van der Waals surface area contributed by atoms with Gasteiger partial charge in [-0.25, -0.2) is 14.2 Å². The van der Waals surface area contributed by atoms with Gasteiger partial charge in [-0.3, -0.25) is 0 Å². The molecule has 1 aliphatic heterocycles. The zero-order valence-corrected chi connectivity index (χ0v) is 13.7. The smallest absolute Gasteiger partial charge is 0.315 e. The molecular weight excluding hydrogens is 311 g/mol. The third-order valence-corrected chi connectivity index (χ3v) is 4.96. The highest BCUT2D eigenvalue weighted by atomic mass is 19.1. The first-order chi connectivity index (χ1) is 11.6. The number of carbonyl (C=O) groups is 1. The molecule has 1 aromatic rings. The van der Waals surface area contributed by atoms with Gasteiger partial charge in [0.15, 0.2) is 11.6 Å². The minimum absolute atomic E-state index is 0.0253. The second-order valence-corrected chi connectivity index (χ2v) is 6.71. The van der Waals surface area contributed by atoms with E-state index in [0.717, 1.165) is 32.1 Å². The normalized spacial score (nSPS) is 27.1. The van der Waals surface area contributed by atoms with Gasteiger partial charge in [-0.05, 0) is 31.4 Å². The number of pyridine rings is 1. The largest absolute Gasteiger partial charge is 0.393 e. The first-order valence-electron chi connectivity index (χ1n) is 8.71. The number of urea groups is 1. The van der Waals surface area contributed by atoms with Crippen LogP contribution >= 0.6 is 0 Å². The van der Waals surface area contributed by atoms with Gasteiger partial charge in [-0.1, -0.05) is 12.8 Å². The number of nitrogens with zero attached hydrogens (tertiary/aromatic N) is 2. The minimum Gasteiger partial charge on any atom is -0.393 e. The molecule has 2 aliphatic rings. The molecule has 3 unspecified atom stereocenters. The maximum atomic E-state index is 13.8. The van der Waals surface area contributed by atoms with Crippen LogP contribution in [0.1, 0.15) is 32.1 Å². The molecule has 1 saturated carbocycles. The van der Waals surface area contributed by atoms with Crippen molar-refractivity contribution in [3.63, 3.8) is 0 Å². The molecule has 2 amide bonds. The standard InChI is InChI=1S/C17H25FN4O2/c18-14-5-3-8-19-16(14)22-9-7-13(11-22)21-17(24)20-10-12-4-1-2-6-15(12)23/h3,5,8,12-13,15,23H,1-2,4,6-7,9-11H2,(H2,20,21,24). The zero-order chi connectivity index (χ0) is 16.9. The number of aromatic nitrogens is 1. The van der Waals surface area contributed by atoms with Crippen molar-refractivity contribution in [3.05, 3.63) is 24.1 Å². The molecule has 0 aromatic carbocycles. The Labute approximate surface area is 141 Å². The number of aliphatic hydroxyl groups is 1. The maximum absolute atomic E-state index is 13.8. The van der Waals surface area contributed by atoms with E-state index in [9.17, 15) is 14.3 Å². The lowest BCUT2D eigenvalue weighted by Gasteiger charge is -2.27. The Hall–Kier alpha value is -1.89. The van der Waals surface area contributed by atoms with E-state index in [2.05, 4.69) is 15.6 Å². The number of aliphatic hydroxyl groups excluding tert-OH is 1. The molecule has 6 nitrogen and oxygen atoms in total. The summed E-state index contributed by atoms with van der Waals surface area (Å²) >= 11 is 0. The molecule has 3 atom stereocenters. The van der Waals surface area contributed by atoms with Crippen molar-refractivity contribution in [2.75, 3.05) is 24.5 Å². The minimum atomic E-state index is -0.339. The molecule has 2 fully saturated rings. The van der Waals surface area contributed by atoms with E-state index in [0.29, 0.717) is 25.5 Å². The predicted molar refractivity (Wildman–Crippen MR) is 89.3 cm³/mol. The van der Waals surface area contributed by atoms with Crippen molar-refractivity contribution in [2.45, 2.75) is 44.2 Å². The Balaban J connectivity index is 1.43. The monoisotopic (exact) mass is 336 g/mol. The van der Waals surface area contributed by atoms with Gasteiger partial charge < -0.3 is 20.6 Å². The lowest BCUT2D eigenvalue weighted by molar-refractivity contribution is 0.0708. The third-order valence-electron chi connectivity index (χ3n) is 4.96. The van der Waals surface area contributed by atoms with Crippen LogP contribution in [0.4, 0.5) is 15.0 Å². The van der Waals surface area contributed by atoms with Crippen LogP contribution in [0.3, 0.4) is 0 Å². The highest BCUT2D eigenvalue weighted by molar-refractivity contribution is 5.74. The average molecular weight is 336 g/mol. The number of carbonyl (C=O) groups excluding carboxylic acids is 1. The van der Waals surface area contributed by atoms with Crippen LogP contribution in [-0.4, -0.2) is 47.9 Å². The van der Waals surface area contributed by atoms with Crippen molar-refractivity contribution in [1.82, 2.24) is 15.6 Å². The summed E-state index contributed by atoms with van der Waals surface area (Å²) in [4.78, 5) is 18.0. The molecule has 2 heterocycles. The average Bonchev–Trinajstić information content (AvgIpc) is 3.03. The number of hydrogen-bond donors (Lipinski definition) is 3. The number of rotatable bonds is 4. The zero-order valence-electron chi connectivity index (χ0n) is 13.7. The fourth-order valence-corrected chi connectivity index (χ4v) is 3.57. The summed E-state index contributed by atoms with van der Waals surface area (Å²) in [5.41, 5.74) is 0. The maximum Gasteiger partial charge on any atom is 0.315 e. The Bertz CT molecular complexity index is 571. The molecule has 24 heavy (non-hydrogen) atoms. The molecule has 3 N–H and O–H groups in total. The summed E-state index contributed by atoms with van der Waals surface area (Å²) in [6.45, 7) is 1.71. The number of anilines is 1. The van der Waals surface area contributed by atoms with Crippen LogP contribution in [0, 0.1) is 11.7 Å². The number of amides is 2. The second-order valence-electron chi connectivity index (χ2n) is 6.71. The van der Waals surface area contributed by atoms with Crippen molar-refractivity contribution in [2.24, 2.45) is 5.92 Å². The molecule has 1 aromatic heterocycles. The van der Waals surface area contributed by atoms with Gasteiger partial charge in [0.25, 0.3) is 0 Å². The van der Waals surface area contributed by atoms with Crippen LogP contribution in [0.5, 0.6) is 0 Å². The summed E-state index contributed by atoms with van der Waals surface area (Å²) in [5, 5.41) is 15.7. The lowest BCUT2D eigenvalue weighted by Crippen LogP contribution is -2.46. The Morgan fingerprint density at radius 2 is 2.21 bits per heavy atom. The van der Waals surface area contributed by atoms with Gasteiger partial charge in [0.05, 0.1) is 6.10 Å². The number of halogens is 1. The summed E-state index contributed by atoms with van der Waals surface area (Å²) in [7, 11) is 0. The van der Waals surface area contributed by atoms with Crippen LogP contribution < -0.4 is 15.5 Å². The van der Waals surface area contributed by atoms with Crippen LogP contribution in [0.2, 0.25) is 0 Å².